The van der Waals surface area contributed by atoms with Crippen molar-refractivity contribution in [1.82, 2.24) is 0 Å². The first-order valence-corrected chi connectivity index (χ1v) is 6.24. The zero-order valence-electron chi connectivity index (χ0n) is 6.99. The van der Waals surface area contributed by atoms with E-state index in [-0.39, 0.29) is 5.92 Å². The third-order valence-electron chi connectivity index (χ3n) is 2.82. The summed E-state index contributed by atoms with van der Waals surface area (Å²) in [5.74, 6) is 0.853. The second-order valence-electron chi connectivity index (χ2n) is 4.20. The topological polar surface area (TPSA) is 54.4 Å². The number of hydrogen-bond donors (Lipinski definition) is 1. The Morgan fingerprint density at radius 2 is 2.08 bits per heavy atom. The van der Waals surface area contributed by atoms with Crippen molar-refractivity contribution in [2.24, 2.45) is 5.92 Å². The first kappa shape index (κ1) is 8.51. The van der Waals surface area contributed by atoms with Crippen LogP contribution in [0, 0.1) is 5.92 Å². The molecule has 1 aliphatic carbocycles. The monoisotopic (exact) mass is 190 g/mol. The normalized spacial score (nSPS) is 36.6. The summed E-state index contributed by atoms with van der Waals surface area (Å²) in [5.41, 5.74) is -0.482. The van der Waals surface area contributed by atoms with Crippen LogP contribution in [0.3, 0.4) is 0 Å². The van der Waals surface area contributed by atoms with Crippen LogP contribution in [0.1, 0.15) is 25.7 Å². The molecule has 1 N–H and O–H groups in total. The van der Waals surface area contributed by atoms with Gasteiger partial charge in [-0.2, -0.15) is 0 Å². The largest absolute Gasteiger partial charge is 0.390 e. The van der Waals surface area contributed by atoms with Crippen LogP contribution in [0.2, 0.25) is 0 Å². The van der Waals surface area contributed by atoms with Crippen molar-refractivity contribution in [2.75, 3.05) is 11.5 Å². The molecule has 1 atom stereocenters. The van der Waals surface area contributed by atoms with Crippen LogP contribution >= 0.6 is 0 Å². The molecule has 2 aliphatic rings. The standard InChI is InChI=1S/C8H14O3S/c9-8(2-3-8)5-7-1-4-12(10,11)6-7/h7,9H,1-6H2. The molecule has 12 heavy (non-hydrogen) atoms. The van der Waals surface area contributed by atoms with Gasteiger partial charge in [0.25, 0.3) is 0 Å². The first-order valence-electron chi connectivity index (χ1n) is 4.42. The van der Waals surface area contributed by atoms with Gasteiger partial charge in [-0.25, -0.2) is 8.42 Å². The van der Waals surface area contributed by atoms with E-state index in [4.69, 9.17) is 0 Å². The van der Waals surface area contributed by atoms with E-state index in [0.29, 0.717) is 17.9 Å². The Labute approximate surface area is 72.7 Å². The molecule has 0 aromatic rings. The highest BCUT2D eigenvalue weighted by atomic mass is 32.2. The summed E-state index contributed by atoms with van der Waals surface area (Å²) in [5, 5.41) is 9.56. The third kappa shape index (κ3) is 1.80. The second kappa shape index (κ2) is 2.45. The minimum Gasteiger partial charge on any atom is -0.390 e. The molecule has 2 fully saturated rings. The number of sulfone groups is 1. The average Bonchev–Trinajstić information content (AvgIpc) is 2.53. The molecule has 0 radical (unpaired) electrons. The fourth-order valence-electron chi connectivity index (χ4n) is 1.92. The van der Waals surface area contributed by atoms with Crippen molar-refractivity contribution in [1.29, 1.82) is 0 Å². The molecule has 3 nitrogen and oxygen atoms in total. The molecule has 0 aromatic heterocycles. The van der Waals surface area contributed by atoms with Gasteiger partial charge in [-0.3, -0.25) is 0 Å². The molecule has 0 bridgehead atoms. The van der Waals surface area contributed by atoms with Crippen LogP contribution in [-0.4, -0.2) is 30.6 Å². The Bertz CT molecular complexity index is 277. The highest BCUT2D eigenvalue weighted by Crippen LogP contribution is 2.42. The Morgan fingerprint density at radius 1 is 1.42 bits per heavy atom. The second-order valence-corrected chi connectivity index (χ2v) is 6.43. The lowest BCUT2D eigenvalue weighted by atomic mass is 10.00. The Kier molecular flexibility index (Phi) is 1.74. The van der Waals surface area contributed by atoms with Crippen molar-refractivity contribution >= 4 is 9.84 Å². The van der Waals surface area contributed by atoms with E-state index in [9.17, 15) is 13.5 Å². The van der Waals surface area contributed by atoms with Crippen molar-refractivity contribution < 1.29 is 13.5 Å². The van der Waals surface area contributed by atoms with Gasteiger partial charge >= 0.3 is 0 Å². The summed E-state index contributed by atoms with van der Waals surface area (Å²) in [6.45, 7) is 0. The minimum atomic E-state index is -2.75. The molecule has 1 aliphatic heterocycles. The zero-order chi connectivity index (χ0) is 8.82. The zero-order valence-corrected chi connectivity index (χ0v) is 7.81. The summed E-state index contributed by atoms with van der Waals surface area (Å²) < 4.78 is 22.1. The fraction of sp³-hybridized carbons (Fsp3) is 1.00. The molecule has 1 heterocycles. The molecule has 0 spiro atoms. The molecule has 70 valence electrons. The Hall–Kier alpha value is -0.0900. The van der Waals surface area contributed by atoms with Crippen molar-refractivity contribution in [3.05, 3.63) is 0 Å². The molecule has 1 unspecified atom stereocenters. The van der Waals surface area contributed by atoms with Gasteiger partial charge in [0.15, 0.2) is 9.84 Å². The van der Waals surface area contributed by atoms with Gasteiger partial charge in [-0.05, 0) is 31.6 Å². The predicted octanol–water partition coefficient (Wildman–Crippen LogP) is 0.336. The van der Waals surface area contributed by atoms with E-state index in [1.807, 2.05) is 0 Å². The molecule has 4 heteroatoms. The maximum Gasteiger partial charge on any atom is 0.150 e. The predicted molar refractivity (Wildman–Crippen MR) is 45.6 cm³/mol. The summed E-state index contributed by atoms with van der Waals surface area (Å²) in [4.78, 5) is 0. The highest BCUT2D eigenvalue weighted by molar-refractivity contribution is 7.91. The van der Waals surface area contributed by atoms with Crippen LogP contribution in [0.4, 0.5) is 0 Å². The summed E-state index contributed by atoms with van der Waals surface area (Å²) in [7, 11) is -2.75. The van der Waals surface area contributed by atoms with E-state index in [1.54, 1.807) is 0 Å². The van der Waals surface area contributed by atoms with Gasteiger partial charge < -0.3 is 5.11 Å². The van der Waals surface area contributed by atoms with Gasteiger partial charge in [-0.1, -0.05) is 0 Å². The maximum atomic E-state index is 11.1. The lowest BCUT2D eigenvalue weighted by Gasteiger charge is -2.11. The average molecular weight is 190 g/mol. The van der Waals surface area contributed by atoms with Gasteiger partial charge in [0.05, 0.1) is 17.1 Å². The molecule has 1 saturated carbocycles. The van der Waals surface area contributed by atoms with E-state index in [0.717, 1.165) is 19.3 Å². The maximum absolute atomic E-state index is 11.1. The number of hydrogen-bond acceptors (Lipinski definition) is 3. The van der Waals surface area contributed by atoms with Crippen molar-refractivity contribution in [3.63, 3.8) is 0 Å². The lowest BCUT2D eigenvalue weighted by Crippen LogP contribution is -2.15. The van der Waals surface area contributed by atoms with Gasteiger partial charge in [0.1, 0.15) is 0 Å². The fourth-order valence-corrected chi connectivity index (χ4v) is 3.78. The quantitative estimate of drug-likeness (QED) is 0.683. The van der Waals surface area contributed by atoms with Crippen molar-refractivity contribution in [3.8, 4) is 0 Å². The number of rotatable bonds is 2. The molecule has 2 rings (SSSR count). The van der Waals surface area contributed by atoms with Crippen LogP contribution < -0.4 is 0 Å². The molecule has 0 aromatic carbocycles. The van der Waals surface area contributed by atoms with Gasteiger partial charge in [-0.15, -0.1) is 0 Å². The molecular formula is C8H14O3S. The van der Waals surface area contributed by atoms with Crippen LogP contribution in [0.5, 0.6) is 0 Å². The van der Waals surface area contributed by atoms with Gasteiger partial charge in [0.2, 0.25) is 0 Å². The Balaban J connectivity index is 1.92. The van der Waals surface area contributed by atoms with Crippen LogP contribution in [0.15, 0.2) is 0 Å². The van der Waals surface area contributed by atoms with E-state index >= 15 is 0 Å². The van der Waals surface area contributed by atoms with E-state index in [1.165, 1.54) is 0 Å². The smallest absolute Gasteiger partial charge is 0.150 e. The highest BCUT2D eigenvalue weighted by Gasteiger charge is 2.44. The van der Waals surface area contributed by atoms with Gasteiger partial charge in [0, 0.05) is 0 Å². The Morgan fingerprint density at radius 3 is 2.50 bits per heavy atom. The van der Waals surface area contributed by atoms with Crippen LogP contribution in [0.25, 0.3) is 0 Å². The van der Waals surface area contributed by atoms with E-state index < -0.39 is 15.4 Å². The number of aliphatic hydroxyl groups is 1. The minimum absolute atomic E-state index is 0.225. The molecule has 1 saturated heterocycles. The van der Waals surface area contributed by atoms with Crippen LogP contribution in [-0.2, 0) is 9.84 Å². The summed E-state index contributed by atoms with van der Waals surface area (Å²) in [6.07, 6.45) is 3.18. The SMILES string of the molecule is O=S1(=O)CCC(CC2(O)CC2)C1. The third-order valence-corrected chi connectivity index (χ3v) is 4.66. The first-order chi connectivity index (χ1) is 5.49. The molecule has 0 amide bonds. The summed E-state index contributed by atoms with van der Waals surface area (Å²) in [6, 6.07) is 0. The lowest BCUT2D eigenvalue weighted by molar-refractivity contribution is 0.122. The summed E-state index contributed by atoms with van der Waals surface area (Å²) >= 11 is 0. The van der Waals surface area contributed by atoms with Crippen molar-refractivity contribution in [2.45, 2.75) is 31.3 Å². The molecular weight excluding hydrogens is 176 g/mol. The van der Waals surface area contributed by atoms with E-state index in [2.05, 4.69) is 0 Å².